The molecule has 19 heavy (non-hydrogen) atoms. The van der Waals surface area contributed by atoms with E-state index in [1.54, 1.807) is 19.2 Å². The minimum atomic E-state index is -0.513. The number of amides is 1. The third kappa shape index (κ3) is 4.24. The number of rotatable bonds is 6. The number of aliphatic hydroxyl groups excluding tert-OH is 1. The summed E-state index contributed by atoms with van der Waals surface area (Å²) in [6.07, 6.45) is 0.372. The Kier molecular flexibility index (Phi) is 5.83. The van der Waals surface area contributed by atoms with E-state index < -0.39 is 6.10 Å². The number of methoxy groups -OCH3 is 1. The molecule has 0 saturated carbocycles. The minimum absolute atomic E-state index is 0.174. The van der Waals surface area contributed by atoms with E-state index in [0.717, 1.165) is 12.0 Å². The largest absolute Gasteiger partial charge is 0.496 e. The molecule has 0 saturated heterocycles. The van der Waals surface area contributed by atoms with Gasteiger partial charge >= 0.3 is 0 Å². The smallest absolute Gasteiger partial charge is 0.251 e. The number of ether oxygens (including phenoxy) is 1. The molecule has 0 aromatic heterocycles. The van der Waals surface area contributed by atoms with Crippen molar-refractivity contribution in [1.82, 2.24) is 5.32 Å². The molecule has 0 aliphatic carbocycles. The summed E-state index contributed by atoms with van der Waals surface area (Å²) in [5.74, 6) is 0.670. The SMILES string of the molecule is CCC(C)C(O)CNC(=O)c1ccc(C)c(OC)c1. The van der Waals surface area contributed by atoms with Gasteiger partial charge in [-0.05, 0) is 30.5 Å². The van der Waals surface area contributed by atoms with E-state index >= 15 is 0 Å². The van der Waals surface area contributed by atoms with Crippen molar-refractivity contribution in [2.75, 3.05) is 13.7 Å². The minimum Gasteiger partial charge on any atom is -0.496 e. The third-order valence-electron chi connectivity index (χ3n) is 3.44. The second-order valence-corrected chi connectivity index (χ2v) is 4.85. The van der Waals surface area contributed by atoms with Crippen molar-refractivity contribution in [3.63, 3.8) is 0 Å². The lowest BCUT2D eigenvalue weighted by Gasteiger charge is -2.17. The van der Waals surface area contributed by atoms with Gasteiger partial charge in [0.2, 0.25) is 0 Å². The van der Waals surface area contributed by atoms with Crippen LogP contribution in [0.4, 0.5) is 0 Å². The summed E-state index contributed by atoms with van der Waals surface area (Å²) < 4.78 is 5.19. The Morgan fingerprint density at radius 1 is 1.47 bits per heavy atom. The summed E-state index contributed by atoms with van der Waals surface area (Å²) in [6, 6.07) is 5.31. The maximum Gasteiger partial charge on any atom is 0.251 e. The third-order valence-corrected chi connectivity index (χ3v) is 3.44. The van der Waals surface area contributed by atoms with Crippen LogP contribution >= 0.6 is 0 Å². The van der Waals surface area contributed by atoms with Gasteiger partial charge in [-0.1, -0.05) is 26.3 Å². The Bertz CT molecular complexity index is 431. The van der Waals surface area contributed by atoms with Gasteiger partial charge in [0.1, 0.15) is 5.75 Å². The van der Waals surface area contributed by atoms with Crippen LogP contribution in [0.3, 0.4) is 0 Å². The molecule has 2 N–H and O–H groups in total. The molecule has 1 amide bonds. The predicted octanol–water partition coefficient (Wildman–Crippen LogP) is 2.14. The maximum absolute atomic E-state index is 12.0. The summed E-state index contributed by atoms with van der Waals surface area (Å²) in [7, 11) is 1.58. The lowest BCUT2D eigenvalue weighted by molar-refractivity contribution is 0.0850. The first-order valence-electron chi connectivity index (χ1n) is 6.60. The summed E-state index contributed by atoms with van der Waals surface area (Å²) in [4.78, 5) is 12.0. The number of nitrogens with one attached hydrogen (secondary N) is 1. The molecule has 4 heteroatoms. The second-order valence-electron chi connectivity index (χ2n) is 4.85. The molecular weight excluding hydrogens is 242 g/mol. The van der Waals surface area contributed by atoms with Crippen molar-refractivity contribution >= 4 is 5.91 Å². The molecule has 1 aromatic carbocycles. The molecule has 2 unspecified atom stereocenters. The van der Waals surface area contributed by atoms with E-state index in [2.05, 4.69) is 5.32 Å². The molecule has 0 aliphatic rings. The highest BCUT2D eigenvalue weighted by atomic mass is 16.5. The van der Waals surface area contributed by atoms with Crippen molar-refractivity contribution < 1.29 is 14.6 Å². The highest BCUT2D eigenvalue weighted by molar-refractivity contribution is 5.94. The topological polar surface area (TPSA) is 58.6 Å². The van der Waals surface area contributed by atoms with Crippen molar-refractivity contribution in [2.24, 2.45) is 5.92 Å². The molecule has 106 valence electrons. The van der Waals surface area contributed by atoms with E-state index in [9.17, 15) is 9.90 Å². The van der Waals surface area contributed by atoms with Gasteiger partial charge in [0.25, 0.3) is 5.91 Å². The first-order chi connectivity index (χ1) is 8.99. The summed E-state index contributed by atoms with van der Waals surface area (Å²) in [5, 5.41) is 12.6. The number of aryl methyl sites for hydroxylation is 1. The maximum atomic E-state index is 12.0. The molecule has 0 radical (unpaired) electrons. The Hall–Kier alpha value is -1.55. The van der Waals surface area contributed by atoms with E-state index in [1.807, 2.05) is 26.8 Å². The van der Waals surface area contributed by atoms with E-state index in [1.165, 1.54) is 0 Å². The average Bonchev–Trinajstić information content (AvgIpc) is 2.43. The Morgan fingerprint density at radius 3 is 2.74 bits per heavy atom. The molecule has 0 aliphatic heterocycles. The van der Waals surface area contributed by atoms with Crippen molar-refractivity contribution in [3.05, 3.63) is 29.3 Å². The fraction of sp³-hybridized carbons (Fsp3) is 0.533. The molecule has 0 fully saturated rings. The quantitative estimate of drug-likeness (QED) is 0.828. The number of carbonyl (C=O) groups is 1. The Labute approximate surface area is 114 Å². The van der Waals surface area contributed by atoms with Crippen LogP contribution in [0, 0.1) is 12.8 Å². The zero-order chi connectivity index (χ0) is 14.4. The molecule has 1 aromatic rings. The number of carbonyl (C=O) groups excluding carboxylic acids is 1. The van der Waals surface area contributed by atoms with Gasteiger partial charge in [-0.15, -0.1) is 0 Å². The van der Waals surface area contributed by atoms with E-state index in [4.69, 9.17) is 4.74 Å². The summed E-state index contributed by atoms with van der Waals surface area (Å²) in [6.45, 7) is 6.17. The van der Waals surface area contributed by atoms with Crippen LogP contribution in [-0.2, 0) is 0 Å². The summed E-state index contributed by atoms with van der Waals surface area (Å²) >= 11 is 0. The fourth-order valence-electron chi connectivity index (χ4n) is 1.73. The monoisotopic (exact) mass is 265 g/mol. The first kappa shape index (κ1) is 15.5. The van der Waals surface area contributed by atoms with Crippen LogP contribution < -0.4 is 10.1 Å². The zero-order valence-corrected chi connectivity index (χ0v) is 12.1. The highest BCUT2D eigenvalue weighted by Crippen LogP contribution is 2.18. The molecule has 0 spiro atoms. The van der Waals surface area contributed by atoms with Gasteiger partial charge in [0.15, 0.2) is 0 Å². The Balaban J connectivity index is 2.63. The van der Waals surface area contributed by atoms with E-state index in [-0.39, 0.29) is 18.4 Å². The van der Waals surface area contributed by atoms with Crippen molar-refractivity contribution in [1.29, 1.82) is 0 Å². The standard InChI is InChI=1S/C15H23NO3/c1-5-10(2)13(17)9-16-15(18)12-7-6-11(3)14(8-12)19-4/h6-8,10,13,17H,5,9H2,1-4H3,(H,16,18). The lowest BCUT2D eigenvalue weighted by atomic mass is 10.0. The number of hydrogen-bond acceptors (Lipinski definition) is 3. The molecular formula is C15H23NO3. The fourth-order valence-corrected chi connectivity index (χ4v) is 1.73. The normalized spacial score (nSPS) is 13.7. The van der Waals surface area contributed by atoms with Crippen molar-refractivity contribution in [2.45, 2.75) is 33.3 Å². The Morgan fingerprint density at radius 2 is 2.16 bits per heavy atom. The van der Waals surface area contributed by atoms with Gasteiger partial charge < -0.3 is 15.2 Å². The van der Waals surface area contributed by atoms with Gasteiger partial charge in [0.05, 0.1) is 13.2 Å². The van der Waals surface area contributed by atoms with Gasteiger partial charge in [-0.3, -0.25) is 4.79 Å². The van der Waals surface area contributed by atoms with Crippen LogP contribution in [0.2, 0.25) is 0 Å². The number of aliphatic hydroxyl groups is 1. The second kappa shape index (κ2) is 7.14. The molecule has 0 bridgehead atoms. The highest BCUT2D eigenvalue weighted by Gasteiger charge is 2.14. The molecule has 1 rings (SSSR count). The molecule has 2 atom stereocenters. The van der Waals surface area contributed by atoms with Gasteiger partial charge in [0, 0.05) is 12.1 Å². The van der Waals surface area contributed by atoms with Crippen LogP contribution in [-0.4, -0.2) is 30.8 Å². The zero-order valence-electron chi connectivity index (χ0n) is 12.1. The predicted molar refractivity (Wildman–Crippen MR) is 75.5 cm³/mol. The lowest BCUT2D eigenvalue weighted by Crippen LogP contribution is -2.35. The van der Waals surface area contributed by atoms with Gasteiger partial charge in [-0.2, -0.15) is 0 Å². The summed E-state index contributed by atoms with van der Waals surface area (Å²) in [5.41, 5.74) is 1.53. The van der Waals surface area contributed by atoms with Crippen LogP contribution in [0.1, 0.15) is 36.2 Å². The molecule has 0 heterocycles. The number of benzene rings is 1. The number of hydrogen-bond donors (Lipinski definition) is 2. The van der Waals surface area contributed by atoms with Crippen LogP contribution in [0.5, 0.6) is 5.75 Å². The van der Waals surface area contributed by atoms with E-state index in [0.29, 0.717) is 11.3 Å². The first-order valence-corrected chi connectivity index (χ1v) is 6.60. The van der Waals surface area contributed by atoms with Gasteiger partial charge in [-0.25, -0.2) is 0 Å². The van der Waals surface area contributed by atoms with Crippen LogP contribution in [0.25, 0.3) is 0 Å². The van der Waals surface area contributed by atoms with Crippen molar-refractivity contribution in [3.8, 4) is 5.75 Å². The average molecular weight is 265 g/mol. The van der Waals surface area contributed by atoms with Crippen LogP contribution in [0.15, 0.2) is 18.2 Å². The molecule has 4 nitrogen and oxygen atoms in total.